The summed E-state index contributed by atoms with van der Waals surface area (Å²) in [4.78, 5) is 13.4. The van der Waals surface area contributed by atoms with Gasteiger partial charge in [0.2, 0.25) is 0 Å². The fourth-order valence-electron chi connectivity index (χ4n) is 2.37. The van der Waals surface area contributed by atoms with Gasteiger partial charge in [-0.1, -0.05) is 0 Å². The lowest BCUT2D eigenvalue weighted by molar-refractivity contribution is 0.482. The van der Waals surface area contributed by atoms with Crippen molar-refractivity contribution in [3.05, 3.63) is 12.4 Å². The highest BCUT2D eigenvalue weighted by Gasteiger charge is 2.17. The van der Waals surface area contributed by atoms with Gasteiger partial charge in [0, 0.05) is 44.8 Å². The molecule has 0 aliphatic carbocycles. The zero-order chi connectivity index (χ0) is 13.0. The van der Waals surface area contributed by atoms with Crippen LogP contribution in [0.1, 0.15) is 20.8 Å². The normalized spacial score (nSPS) is 19.9. The van der Waals surface area contributed by atoms with Crippen molar-refractivity contribution in [3.8, 4) is 0 Å². The third-order valence-corrected chi connectivity index (χ3v) is 3.42. The molecule has 1 fully saturated rings. The maximum atomic E-state index is 4.41. The minimum absolute atomic E-state index is 0.519. The second-order valence-corrected chi connectivity index (χ2v) is 4.71. The zero-order valence-electron chi connectivity index (χ0n) is 11.6. The van der Waals surface area contributed by atoms with Gasteiger partial charge < -0.3 is 15.1 Å². The first-order chi connectivity index (χ1) is 8.74. The van der Waals surface area contributed by atoms with Crippen molar-refractivity contribution in [1.82, 2.24) is 15.3 Å². The van der Waals surface area contributed by atoms with Crippen LogP contribution < -0.4 is 15.1 Å². The van der Waals surface area contributed by atoms with E-state index in [9.17, 15) is 0 Å². The number of hydrogen-bond acceptors (Lipinski definition) is 5. The highest BCUT2D eigenvalue weighted by atomic mass is 15.3. The predicted octanol–water partition coefficient (Wildman–Crippen LogP) is 1.12. The van der Waals surface area contributed by atoms with Crippen molar-refractivity contribution in [2.24, 2.45) is 0 Å². The largest absolute Gasteiger partial charge is 0.357 e. The quantitative estimate of drug-likeness (QED) is 0.866. The van der Waals surface area contributed by atoms with E-state index in [0.29, 0.717) is 6.04 Å². The van der Waals surface area contributed by atoms with Crippen molar-refractivity contribution >= 4 is 11.6 Å². The average Bonchev–Trinajstić information content (AvgIpc) is 2.41. The van der Waals surface area contributed by atoms with Crippen LogP contribution >= 0.6 is 0 Å². The molecule has 1 N–H and O–H groups in total. The fourth-order valence-corrected chi connectivity index (χ4v) is 2.37. The van der Waals surface area contributed by atoms with Crippen LogP contribution in [0.5, 0.6) is 0 Å². The van der Waals surface area contributed by atoms with E-state index in [1.165, 1.54) is 0 Å². The summed E-state index contributed by atoms with van der Waals surface area (Å²) in [6, 6.07) is 2.62. The van der Waals surface area contributed by atoms with Gasteiger partial charge in [-0.15, -0.1) is 0 Å². The Balaban J connectivity index is 2.15. The summed E-state index contributed by atoms with van der Waals surface area (Å²) in [5.41, 5.74) is 0. The van der Waals surface area contributed by atoms with E-state index < -0.39 is 0 Å². The molecule has 1 atom stereocenters. The molecule has 2 rings (SSSR count). The van der Waals surface area contributed by atoms with Gasteiger partial charge in [0.1, 0.15) is 18.0 Å². The molecule has 5 heteroatoms. The van der Waals surface area contributed by atoms with Gasteiger partial charge in [-0.25, -0.2) is 9.97 Å². The van der Waals surface area contributed by atoms with Gasteiger partial charge in [0.05, 0.1) is 0 Å². The van der Waals surface area contributed by atoms with E-state index >= 15 is 0 Å². The summed E-state index contributed by atoms with van der Waals surface area (Å²) in [7, 11) is 0. The molecule has 1 saturated heterocycles. The zero-order valence-corrected chi connectivity index (χ0v) is 11.6. The summed E-state index contributed by atoms with van der Waals surface area (Å²) < 4.78 is 0. The minimum Gasteiger partial charge on any atom is -0.357 e. The Morgan fingerprint density at radius 1 is 1.39 bits per heavy atom. The number of piperazine rings is 1. The lowest BCUT2D eigenvalue weighted by Gasteiger charge is -2.33. The minimum atomic E-state index is 0.519. The lowest BCUT2D eigenvalue weighted by atomic mass is 10.2. The van der Waals surface area contributed by atoms with Crippen molar-refractivity contribution in [2.45, 2.75) is 26.8 Å². The fraction of sp³-hybridized carbons (Fsp3) is 0.692. The van der Waals surface area contributed by atoms with Crippen LogP contribution in [0.15, 0.2) is 12.4 Å². The van der Waals surface area contributed by atoms with E-state index in [-0.39, 0.29) is 0 Å². The Morgan fingerprint density at radius 3 is 2.83 bits per heavy atom. The summed E-state index contributed by atoms with van der Waals surface area (Å²) in [6.45, 7) is 11.5. The number of hydrogen-bond donors (Lipinski definition) is 1. The average molecular weight is 249 g/mol. The number of nitrogens with zero attached hydrogens (tertiary/aromatic N) is 4. The molecule has 0 radical (unpaired) electrons. The molecular weight excluding hydrogens is 226 g/mol. The lowest BCUT2D eigenvalue weighted by Crippen LogP contribution is -2.49. The standard InChI is InChI=1S/C13H23N5/c1-4-17(5-2)12-8-13(16-10-15-12)18-7-6-14-11(3)9-18/h8,10-11,14H,4-7,9H2,1-3H3. The second kappa shape index (κ2) is 6.00. The first-order valence-corrected chi connectivity index (χ1v) is 6.80. The molecule has 1 aliphatic rings. The summed E-state index contributed by atoms with van der Waals surface area (Å²) >= 11 is 0. The maximum absolute atomic E-state index is 4.41. The predicted molar refractivity (Wildman–Crippen MR) is 75.3 cm³/mol. The van der Waals surface area contributed by atoms with Crippen molar-refractivity contribution in [3.63, 3.8) is 0 Å². The van der Waals surface area contributed by atoms with Gasteiger partial charge in [0.15, 0.2) is 0 Å². The molecule has 1 aromatic heterocycles. The van der Waals surface area contributed by atoms with E-state index in [0.717, 1.165) is 44.4 Å². The first kappa shape index (κ1) is 13.1. The maximum Gasteiger partial charge on any atom is 0.134 e. The van der Waals surface area contributed by atoms with Crippen LogP contribution in [-0.4, -0.2) is 48.7 Å². The summed E-state index contributed by atoms with van der Waals surface area (Å²) in [5, 5.41) is 3.45. The van der Waals surface area contributed by atoms with Crippen molar-refractivity contribution < 1.29 is 0 Å². The molecule has 18 heavy (non-hydrogen) atoms. The van der Waals surface area contributed by atoms with Crippen LogP contribution in [-0.2, 0) is 0 Å². The molecule has 0 spiro atoms. The van der Waals surface area contributed by atoms with Crippen LogP contribution in [0.4, 0.5) is 11.6 Å². The number of nitrogens with one attached hydrogen (secondary N) is 1. The molecule has 0 amide bonds. The number of anilines is 2. The third-order valence-electron chi connectivity index (χ3n) is 3.42. The SMILES string of the molecule is CCN(CC)c1cc(N2CCNC(C)C2)ncn1. The Hall–Kier alpha value is -1.36. The van der Waals surface area contributed by atoms with Crippen LogP contribution in [0.25, 0.3) is 0 Å². The van der Waals surface area contributed by atoms with Crippen molar-refractivity contribution in [1.29, 1.82) is 0 Å². The van der Waals surface area contributed by atoms with Gasteiger partial charge in [-0.3, -0.25) is 0 Å². The Morgan fingerprint density at radius 2 is 2.17 bits per heavy atom. The molecule has 0 saturated carbocycles. The Kier molecular flexibility index (Phi) is 4.36. The molecule has 5 nitrogen and oxygen atoms in total. The Labute approximate surface area is 109 Å². The first-order valence-electron chi connectivity index (χ1n) is 6.80. The highest BCUT2D eigenvalue weighted by molar-refractivity contribution is 5.50. The van der Waals surface area contributed by atoms with E-state index in [4.69, 9.17) is 0 Å². The van der Waals surface area contributed by atoms with Gasteiger partial charge in [0.25, 0.3) is 0 Å². The highest BCUT2D eigenvalue weighted by Crippen LogP contribution is 2.18. The second-order valence-electron chi connectivity index (χ2n) is 4.71. The summed E-state index contributed by atoms with van der Waals surface area (Å²) in [5.74, 6) is 2.07. The third kappa shape index (κ3) is 2.90. The van der Waals surface area contributed by atoms with Crippen LogP contribution in [0.3, 0.4) is 0 Å². The molecule has 1 unspecified atom stereocenters. The molecule has 0 aromatic carbocycles. The van der Waals surface area contributed by atoms with Gasteiger partial charge in [-0.05, 0) is 20.8 Å². The molecule has 2 heterocycles. The van der Waals surface area contributed by atoms with Crippen molar-refractivity contribution in [2.75, 3.05) is 42.5 Å². The number of rotatable bonds is 4. The molecule has 100 valence electrons. The van der Waals surface area contributed by atoms with Gasteiger partial charge in [-0.2, -0.15) is 0 Å². The van der Waals surface area contributed by atoms with E-state index in [2.05, 4.69) is 51.9 Å². The van der Waals surface area contributed by atoms with E-state index in [1.807, 2.05) is 0 Å². The molecule has 0 bridgehead atoms. The smallest absolute Gasteiger partial charge is 0.134 e. The topological polar surface area (TPSA) is 44.3 Å². The van der Waals surface area contributed by atoms with E-state index in [1.54, 1.807) is 6.33 Å². The Bertz CT molecular complexity index is 377. The molecule has 1 aliphatic heterocycles. The number of aromatic nitrogens is 2. The monoisotopic (exact) mass is 249 g/mol. The molecular formula is C13H23N5. The molecule has 1 aromatic rings. The van der Waals surface area contributed by atoms with Crippen LogP contribution in [0, 0.1) is 0 Å². The van der Waals surface area contributed by atoms with Crippen LogP contribution in [0.2, 0.25) is 0 Å². The van der Waals surface area contributed by atoms with Gasteiger partial charge >= 0.3 is 0 Å². The summed E-state index contributed by atoms with van der Waals surface area (Å²) in [6.07, 6.45) is 1.68.